The number of carbonyl (C=O) groups excluding carboxylic acids is 1. The third kappa shape index (κ3) is 4.36. The number of fused-ring (bicyclic) bond motifs is 3. The zero-order valence-electron chi connectivity index (χ0n) is 19.4. The molecule has 0 amide bonds. The maximum Gasteiger partial charge on any atom is 0.308 e. The molecule has 6 nitrogen and oxygen atoms in total. The molecule has 0 N–H and O–H groups in total. The Bertz CT molecular complexity index is 1060. The Morgan fingerprint density at radius 3 is 2.21 bits per heavy atom. The number of nitrogens with zero attached hydrogens (tertiary/aromatic N) is 1. The topological polar surface area (TPSA) is 71.7 Å². The zero-order chi connectivity index (χ0) is 23.5. The molecular weight excluding hydrogens is 430 g/mol. The maximum absolute atomic E-state index is 14.0. The zero-order valence-corrected chi connectivity index (χ0v) is 19.4. The van der Waals surface area contributed by atoms with Crippen LogP contribution in [-0.4, -0.2) is 48.8 Å². The van der Waals surface area contributed by atoms with Gasteiger partial charge in [0.25, 0.3) is 0 Å². The molecule has 6 rings (SSSR count). The molecule has 0 aliphatic carbocycles. The average molecular weight is 462 g/mol. The summed E-state index contributed by atoms with van der Waals surface area (Å²) in [6, 6.07) is 21.7. The highest BCUT2D eigenvalue weighted by molar-refractivity contribution is 5.84. The highest BCUT2D eigenvalue weighted by Crippen LogP contribution is 2.42. The lowest BCUT2D eigenvalue weighted by Gasteiger charge is -2.55. The van der Waals surface area contributed by atoms with Crippen LogP contribution in [0.4, 0.5) is 0 Å². The van der Waals surface area contributed by atoms with Gasteiger partial charge in [-0.1, -0.05) is 48.5 Å². The third-order valence-electron chi connectivity index (χ3n) is 7.56. The quantitative estimate of drug-likeness (QED) is 0.276. The number of piperidine rings is 3. The highest BCUT2D eigenvalue weighted by atomic mass is 16.6. The van der Waals surface area contributed by atoms with E-state index in [1.165, 1.54) is 6.26 Å². The molecule has 6 heteroatoms. The second-order valence-electron chi connectivity index (χ2n) is 9.60. The van der Waals surface area contributed by atoms with E-state index >= 15 is 0 Å². The molecule has 3 aliphatic heterocycles. The fourth-order valence-electron chi connectivity index (χ4n) is 5.41. The number of hydrogen-bond donors (Lipinski definition) is 0. The van der Waals surface area contributed by atoms with Gasteiger partial charge in [-0.3, -0.25) is 4.79 Å². The van der Waals surface area contributed by atoms with Gasteiger partial charge in [-0.15, -0.1) is 0 Å². The Hall–Kier alpha value is -3.09. The molecule has 178 valence electrons. The fourth-order valence-corrected chi connectivity index (χ4v) is 5.41. The molecular formula is C28H31NO5. The number of quaternary nitrogens is 1. The van der Waals surface area contributed by atoms with E-state index in [1.807, 2.05) is 36.4 Å². The van der Waals surface area contributed by atoms with E-state index in [0.29, 0.717) is 12.2 Å². The van der Waals surface area contributed by atoms with Crippen molar-refractivity contribution in [3.63, 3.8) is 0 Å². The lowest BCUT2D eigenvalue weighted by atomic mass is 9.80. The Kier molecular flexibility index (Phi) is 6.19. The maximum atomic E-state index is 14.0. The van der Waals surface area contributed by atoms with Gasteiger partial charge in [0.1, 0.15) is 17.1 Å². The number of para-hydroxylation sites is 1. The molecule has 4 heterocycles. The van der Waals surface area contributed by atoms with Gasteiger partial charge in [0.15, 0.2) is 0 Å². The van der Waals surface area contributed by atoms with E-state index in [1.54, 1.807) is 36.4 Å². The Morgan fingerprint density at radius 2 is 1.59 bits per heavy atom. The number of rotatable bonds is 9. The summed E-state index contributed by atoms with van der Waals surface area (Å²) in [6.45, 7) is 4.62. The summed E-state index contributed by atoms with van der Waals surface area (Å²) in [5.41, 5.74) is -2.44. The minimum Gasteiger partial charge on any atom is -0.832 e. The molecule has 3 fully saturated rings. The van der Waals surface area contributed by atoms with Crippen LogP contribution in [0.25, 0.3) is 0 Å². The first-order chi connectivity index (χ1) is 16.5. The SMILES string of the molecule is O=C(OC12CC[N+](CCCOc3ccccc3)(CC1)CC2)C([O-])(c1ccccc1)c1ccco1. The number of carbonyl (C=O) groups is 1. The van der Waals surface area contributed by atoms with Gasteiger partial charge < -0.3 is 23.5 Å². The summed E-state index contributed by atoms with van der Waals surface area (Å²) in [5, 5.41) is 14.0. The van der Waals surface area contributed by atoms with Crippen molar-refractivity contribution in [1.29, 1.82) is 0 Å². The second-order valence-corrected chi connectivity index (χ2v) is 9.60. The number of furan rings is 1. The number of benzene rings is 2. The van der Waals surface area contributed by atoms with Crippen LogP contribution in [0.3, 0.4) is 0 Å². The van der Waals surface area contributed by atoms with Gasteiger partial charge in [0.2, 0.25) is 0 Å². The summed E-state index contributed by atoms with van der Waals surface area (Å²) in [7, 11) is 0. The summed E-state index contributed by atoms with van der Waals surface area (Å²) in [4.78, 5) is 13.4. The standard InChI is InChI=1S/C28H31NO5/c30-26(28(31,25-13-7-21-33-25)23-9-3-1-4-10-23)34-27-14-18-29(19-15-27,20-16-27)17-8-22-32-24-11-5-2-6-12-24/h1-7,9-13,21H,8,14-20,22H2. The van der Waals surface area contributed by atoms with Crippen LogP contribution >= 0.6 is 0 Å². The number of ether oxygens (including phenoxy) is 2. The first-order valence-electron chi connectivity index (χ1n) is 12.1. The molecule has 1 unspecified atom stereocenters. The Morgan fingerprint density at radius 1 is 0.941 bits per heavy atom. The molecule has 1 atom stereocenters. The van der Waals surface area contributed by atoms with E-state index in [2.05, 4.69) is 0 Å². The highest BCUT2D eigenvalue weighted by Gasteiger charge is 2.52. The van der Waals surface area contributed by atoms with Crippen LogP contribution in [0, 0.1) is 0 Å². The first kappa shape index (κ1) is 22.7. The molecule has 3 aromatic rings. The van der Waals surface area contributed by atoms with Gasteiger partial charge in [-0.2, -0.15) is 0 Å². The lowest BCUT2D eigenvalue weighted by Crippen LogP contribution is -2.66. The minimum absolute atomic E-state index is 0.0651. The van der Waals surface area contributed by atoms with Gasteiger partial charge in [0.05, 0.1) is 44.7 Å². The van der Waals surface area contributed by atoms with Crippen molar-refractivity contribution in [1.82, 2.24) is 0 Å². The van der Waals surface area contributed by atoms with Crippen molar-refractivity contribution in [2.24, 2.45) is 0 Å². The summed E-state index contributed by atoms with van der Waals surface area (Å²) in [5.74, 6) is 0.198. The van der Waals surface area contributed by atoms with Crippen LogP contribution in [-0.2, 0) is 15.1 Å². The molecule has 34 heavy (non-hydrogen) atoms. The Labute approximate surface area is 200 Å². The van der Waals surface area contributed by atoms with Gasteiger partial charge in [-0.25, -0.2) is 0 Å². The predicted molar refractivity (Wildman–Crippen MR) is 125 cm³/mol. The lowest BCUT2D eigenvalue weighted by molar-refractivity contribution is -0.945. The van der Waals surface area contributed by atoms with E-state index in [9.17, 15) is 9.90 Å². The van der Waals surface area contributed by atoms with Crippen LogP contribution in [0.2, 0.25) is 0 Å². The van der Waals surface area contributed by atoms with Crippen molar-refractivity contribution >= 4 is 5.97 Å². The van der Waals surface area contributed by atoms with Crippen molar-refractivity contribution in [2.75, 3.05) is 32.8 Å². The molecule has 3 aliphatic rings. The monoisotopic (exact) mass is 461 g/mol. The third-order valence-corrected chi connectivity index (χ3v) is 7.56. The van der Waals surface area contributed by atoms with Crippen LogP contribution < -0.4 is 9.84 Å². The fraction of sp³-hybridized carbons (Fsp3) is 0.393. The van der Waals surface area contributed by atoms with Crippen molar-refractivity contribution < 1.29 is 28.3 Å². The van der Waals surface area contributed by atoms with E-state index in [0.717, 1.165) is 62.1 Å². The first-order valence-corrected chi connectivity index (χ1v) is 12.1. The van der Waals surface area contributed by atoms with Crippen molar-refractivity contribution in [3.05, 3.63) is 90.4 Å². The molecule has 0 saturated carbocycles. The molecule has 3 saturated heterocycles. The largest absolute Gasteiger partial charge is 0.832 e. The second kappa shape index (κ2) is 9.28. The Balaban J connectivity index is 1.21. The normalized spacial score (nSPS) is 25.4. The summed E-state index contributed by atoms with van der Waals surface area (Å²) >= 11 is 0. The van der Waals surface area contributed by atoms with Crippen molar-refractivity contribution in [3.8, 4) is 5.75 Å². The minimum atomic E-state index is -2.21. The van der Waals surface area contributed by atoms with Gasteiger partial charge in [-0.05, 0) is 29.8 Å². The van der Waals surface area contributed by atoms with E-state index < -0.39 is 17.2 Å². The molecule has 0 radical (unpaired) electrons. The van der Waals surface area contributed by atoms with E-state index in [4.69, 9.17) is 13.9 Å². The molecule has 2 bridgehead atoms. The van der Waals surface area contributed by atoms with Gasteiger partial charge >= 0.3 is 5.97 Å². The van der Waals surface area contributed by atoms with E-state index in [-0.39, 0.29) is 5.76 Å². The smallest absolute Gasteiger partial charge is 0.308 e. The average Bonchev–Trinajstić information content (AvgIpc) is 3.44. The number of esters is 1. The van der Waals surface area contributed by atoms with Crippen molar-refractivity contribution in [2.45, 2.75) is 36.9 Å². The molecule has 2 aromatic carbocycles. The van der Waals surface area contributed by atoms with Crippen LogP contribution in [0.1, 0.15) is 37.0 Å². The molecule has 1 aromatic heterocycles. The summed E-state index contributed by atoms with van der Waals surface area (Å²) < 4.78 is 18.4. The van der Waals surface area contributed by atoms with Gasteiger partial charge in [0, 0.05) is 25.7 Å². The molecule has 0 spiro atoms. The number of hydrogen-bond acceptors (Lipinski definition) is 5. The predicted octanol–water partition coefficient (Wildman–Crippen LogP) is 3.65. The summed E-state index contributed by atoms with van der Waals surface area (Å²) in [6.07, 6.45) is 4.74. The van der Waals surface area contributed by atoms with Crippen LogP contribution in [0.15, 0.2) is 83.5 Å². The van der Waals surface area contributed by atoms with Crippen LogP contribution in [0.5, 0.6) is 5.75 Å².